The number of benzene rings is 2. The Bertz CT molecular complexity index is 945. The topological polar surface area (TPSA) is 24.7 Å². The predicted octanol–water partition coefficient (Wildman–Crippen LogP) is 10.7. The summed E-state index contributed by atoms with van der Waals surface area (Å²) in [6.45, 7) is 11.3. The van der Waals surface area contributed by atoms with Gasteiger partial charge in [0.15, 0.2) is 0 Å². The van der Waals surface area contributed by atoms with E-state index in [1.165, 1.54) is 86.5 Å². The summed E-state index contributed by atoms with van der Waals surface area (Å²) in [5, 5.41) is 0. The van der Waals surface area contributed by atoms with E-state index < -0.39 is 0 Å². The van der Waals surface area contributed by atoms with Crippen molar-refractivity contribution in [2.24, 2.45) is 9.98 Å². The number of hydrogen-bond donors (Lipinski definition) is 0. The number of hydrogen-bond acceptors (Lipinski definition) is 2. The Morgan fingerprint density at radius 2 is 1.00 bits per heavy atom. The molecule has 0 saturated carbocycles. The summed E-state index contributed by atoms with van der Waals surface area (Å²) in [7, 11) is 0. The Kier molecular flexibility index (Phi) is 18.5. The third-order valence-corrected chi connectivity index (χ3v) is 7.00. The van der Waals surface area contributed by atoms with Crippen LogP contribution in [0.2, 0.25) is 0 Å². The van der Waals surface area contributed by atoms with E-state index in [1.54, 1.807) is 0 Å². The van der Waals surface area contributed by atoms with E-state index in [1.807, 2.05) is 6.21 Å². The van der Waals surface area contributed by atoms with Crippen molar-refractivity contribution in [2.75, 3.05) is 0 Å². The summed E-state index contributed by atoms with van der Waals surface area (Å²) in [6.07, 6.45) is 19.9. The van der Waals surface area contributed by atoms with Crippen LogP contribution in [0.5, 0.6) is 0 Å². The number of unbranched alkanes of at least 4 members (excludes halogenated alkanes) is 5. The third-order valence-electron chi connectivity index (χ3n) is 7.00. The van der Waals surface area contributed by atoms with Crippen molar-refractivity contribution in [2.45, 2.75) is 131 Å². The van der Waals surface area contributed by atoms with Gasteiger partial charge in [-0.05, 0) is 111 Å². The first-order valence-electron chi connectivity index (χ1n) is 15.0. The molecule has 208 valence electrons. The van der Waals surface area contributed by atoms with Crippen LogP contribution in [0.3, 0.4) is 0 Å². The maximum Gasteiger partial charge on any atom is 0.0636 e. The first-order valence-corrected chi connectivity index (χ1v) is 15.0. The molecule has 0 aliphatic carbocycles. The maximum absolute atomic E-state index is 5.10. The Balaban J connectivity index is 0.00000684. The van der Waals surface area contributed by atoms with E-state index >= 15 is 0 Å². The van der Waals surface area contributed by atoms with Gasteiger partial charge in [0.1, 0.15) is 0 Å². The van der Waals surface area contributed by atoms with E-state index in [0.717, 1.165) is 49.2 Å². The molecule has 0 saturated heterocycles. The van der Waals surface area contributed by atoms with Crippen LogP contribution >= 0.6 is 0 Å². The minimum Gasteiger partial charge on any atom is -0.255 e. The summed E-state index contributed by atoms with van der Waals surface area (Å²) < 4.78 is 0. The van der Waals surface area contributed by atoms with Crippen LogP contribution < -0.4 is 0 Å². The molecule has 0 spiro atoms. The van der Waals surface area contributed by atoms with Crippen LogP contribution in [0.25, 0.3) is 0 Å². The van der Waals surface area contributed by atoms with E-state index in [4.69, 9.17) is 9.98 Å². The van der Waals surface area contributed by atoms with Crippen molar-refractivity contribution in [3.05, 3.63) is 58.7 Å². The average Bonchev–Trinajstić information content (AvgIpc) is 2.90. The molecule has 0 heterocycles. The monoisotopic (exact) mass is 594 g/mol. The zero-order valence-electron chi connectivity index (χ0n) is 24.4. The molecule has 0 atom stereocenters. The summed E-state index contributed by atoms with van der Waals surface area (Å²) in [6, 6.07) is 13.7. The molecule has 2 rings (SSSR count). The van der Waals surface area contributed by atoms with Gasteiger partial charge >= 0.3 is 0 Å². The van der Waals surface area contributed by atoms with Crippen molar-refractivity contribution in [1.82, 2.24) is 0 Å². The number of rotatable bonds is 18. The third kappa shape index (κ3) is 12.7. The molecule has 0 fully saturated rings. The van der Waals surface area contributed by atoms with Crippen LogP contribution in [0.15, 0.2) is 46.4 Å². The summed E-state index contributed by atoms with van der Waals surface area (Å²) in [5.41, 5.74) is 9.21. The standard InChI is InChI=1S/C34H52N2.Pd/c1-6-11-16-28-21-23-32(25-30(28)18-13-8-3)35-27-34(20-15-10-5)36-33-24-22-29(17-12-7-2)31(26-33)19-14-9-4;/h21-27H,6-20H2,1-5H3;. The largest absolute Gasteiger partial charge is 0.255 e. The van der Waals surface area contributed by atoms with Gasteiger partial charge in [0.25, 0.3) is 0 Å². The molecule has 0 amide bonds. The first-order chi connectivity index (χ1) is 17.6. The van der Waals surface area contributed by atoms with Gasteiger partial charge < -0.3 is 0 Å². The van der Waals surface area contributed by atoms with E-state index in [-0.39, 0.29) is 20.4 Å². The summed E-state index contributed by atoms with van der Waals surface area (Å²) in [4.78, 5) is 10.0. The fourth-order valence-corrected chi connectivity index (χ4v) is 4.62. The molecule has 2 aromatic rings. The zero-order chi connectivity index (χ0) is 26.0. The molecule has 2 aromatic carbocycles. The molecule has 0 unspecified atom stereocenters. The molecule has 0 aliphatic rings. The quantitative estimate of drug-likeness (QED) is 0.121. The fourth-order valence-electron chi connectivity index (χ4n) is 4.62. The minimum atomic E-state index is 0. The van der Waals surface area contributed by atoms with Gasteiger partial charge in [-0.15, -0.1) is 0 Å². The second-order valence-electron chi connectivity index (χ2n) is 10.3. The Labute approximate surface area is 242 Å². The van der Waals surface area contributed by atoms with E-state index in [2.05, 4.69) is 71.0 Å². The Morgan fingerprint density at radius 1 is 0.568 bits per heavy atom. The summed E-state index contributed by atoms with van der Waals surface area (Å²) >= 11 is 0. The van der Waals surface area contributed by atoms with Crippen LogP contribution in [-0.2, 0) is 46.1 Å². The molecule has 0 aromatic heterocycles. The van der Waals surface area contributed by atoms with Crippen LogP contribution in [0.4, 0.5) is 11.4 Å². The number of aliphatic imine (C=N–C) groups is 2. The Morgan fingerprint density at radius 3 is 1.49 bits per heavy atom. The van der Waals surface area contributed by atoms with Gasteiger partial charge in [0, 0.05) is 26.6 Å². The first kappa shape index (κ1) is 33.5. The van der Waals surface area contributed by atoms with Crippen molar-refractivity contribution in [1.29, 1.82) is 0 Å². The number of nitrogens with zero attached hydrogens (tertiary/aromatic N) is 2. The molecule has 0 N–H and O–H groups in total. The second-order valence-corrected chi connectivity index (χ2v) is 10.3. The van der Waals surface area contributed by atoms with Crippen LogP contribution in [0.1, 0.15) is 128 Å². The van der Waals surface area contributed by atoms with E-state index in [9.17, 15) is 0 Å². The van der Waals surface area contributed by atoms with Crippen LogP contribution in [0, 0.1) is 0 Å². The zero-order valence-corrected chi connectivity index (χ0v) is 25.9. The van der Waals surface area contributed by atoms with Crippen molar-refractivity contribution < 1.29 is 20.4 Å². The van der Waals surface area contributed by atoms with Crippen molar-refractivity contribution >= 4 is 23.3 Å². The smallest absolute Gasteiger partial charge is 0.0636 e. The molecule has 0 bridgehead atoms. The molecule has 0 aliphatic heterocycles. The van der Waals surface area contributed by atoms with Gasteiger partial charge in [0.05, 0.1) is 17.1 Å². The van der Waals surface area contributed by atoms with Gasteiger partial charge in [0.2, 0.25) is 0 Å². The van der Waals surface area contributed by atoms with E-state index in [0.29, 0.717) is 0 Å². The molecule has 2 nitrogen and oxygen atoms in total. The van der Waals surface area contributed by atoms with Gasteiger partial charge in [-0.25, -0.2) is 0 Å². The SMILES string of the molecule is CCCCC(C=Nc1ccc(CCCC)c(CCCC)c1)=Nc1ccc(CCCC)c(CCCC)c1.[Pd]. The molecular formula is C34H52N2Pd. The predicted molar refractivity (Wildman–Crippen MR) is 162 cm³/mol. The average molecular weight is 595 g/mol. The molecular weight excluding hydrogens is 543 g/mol. The van der Waals surface area contributed by atoms with Gasteiger partial charge in [-0.2, -0.15) is 0 Å². The molecule has 37 heavy (non-hydrogen) atoms. The normalized spacial score (nSPS) is 11.8. The van der Waals surface area contributed by atoms with Gasteiger partial charge in [-0.1, -0.05) is 78.9 Å². The van der Waals surface area contributed by atoms with Crippen molar-refractivity contribution in [3.63, 3.8) is 0 Å². The molecule has 0 radical (unpaired) electrons. The van der Waals surface area contributed by atoms with Gasteiger partial charge in [-0.3, -0.25) is 9.98 Å². The fraction of sp³-hybridized carbons (Fsp3) is 0.588. The number of aryl methyl sites for hydroxylation is 4. The summed E-state index contributed by atoms with van der Waals surface area (Å²) in [5.74, 6) is 0. The second kappa shape index (κ2) is 20.4. The minimum absolute atomic E-state index is 0. The maximum atomic E-state index is 5.10. The Hall–Kier alpha value is -1.56. The molecule has 3 heteroatoms. The van der Waals surface area contributed by atoms with Crippen molar-refractivity contribution in [3.8, 4) is 0 Å². The van der Waals surface area contributed by atoms with Crippen LogP contribution in [-0.4, -0.2) is 11.9 Å².